The molecule has 0 aromatic heterocycles. The van der Waals surface area contributed by atoms with E-state index >= 15 is 0 Å². The average Bonchev–Trinajstić information content (AvgIpc) is 2.18. The number of hydrogen-bond donors (Lipinski definition) is 2. The van der Waals surface area contributed by atoms with Gasteiger partial charge in [-0.2, -0.15) is 0 Å². The van der Waals surface area contributed by atoms with Gasteiger partial charge in [0, 0.05) is 29.0 Å². The van der Waals surface area contributed by atoms with Gasteiger partial charge in [-0.05, 0) is 18.6 Å². The summed E-state index contributed by atoms with van der Waals surface area (Å²) in [6.07, 6.45) is 0.835. The Morgan fingerprint density at radius 2 is 2.31 bits per heavy atom. The van der Waals surface area contributed by atoms with Gasteiger partial charge in [0.2, 0.25) is 0 Å². The Bertz CT molecular complexity index is 290. The summed E-state index contributed by atoms with van der Waals surface area (Å²) in [5.41, 5.74) is 1.21. The lowest BCUT2D eigenvalue weighted by Gasteiger charge is -2.25. The zero-order chi connectivity index (χ0) is 9.10. The molecular formula is C10H13NOS. The molecule has 13 heavy (non-hydrogen) atoms. The third-order valence-electron chi connectivity index (χ3n) is 2.16. The van der Waals surface area contributed by atoms with Crippen LogP contribution in [-0.4, -0.2) is 23.5 Å². The van der Waals surface area contributed by atoms with Crippen LogP contribution in [0, 0.1) is 0 Å². The van der Waals surface area contributed by atoms with Gasteiger partial charge in [0.05, 0.1) is 0 Å². The van der Waals surface area contributed by atoms with Gasteiger partial charge in [0.25, 0.3) is 0 Å². The van der Waals surface area contributed by atoms with Gasteiger partial charge in [-0.15, -0.1) is 11.8 Å². The first-order valence-electron chi connectivity index (χ1n) is 4.49. The lowest BCUT2D eigenvalue weighted by Crippen LogP contribution is -2.26. The molecule has 2 N–H and O–H groups in total. The first-order valence-corrected chi connectivity index (χ1v) is 5.48. The number of fused-ring (bicyclic) bond motifs is 1. The number of thioether (sulfide) groups is 1. The van der Waals surface area contributed by atoms with Gasteiger partial charge in [0.1, 0.15) is 0 Å². The molecule has 0 radical (unpaired) electrons. The fraction of sp³-hybridized carbons (Fsp3) is 0.400. The summed E-state index contributed by atoms with van der Waals surface area (Å²) in [6, 6.07) is 8.73. The maximum Gasteiger partial charge on any atom is 0.0480 e. The van der Waals surface area contributed by atoms with E-state index < -0.39 is 0 Å². The third kappa shape index (κ3) is 1.98. The van der Waals surface area contributed by atoms with Gasteiger partial charge < -0.3 is 10.4 Å². The van der Waals surface area contributed by atoms with E-state index in [4.69, 9.17) is 5.11 Å². The number of anilines is 1. The van der Waals surface area contributed by atoms with Crippen molar-refractivity contribution in [2.75, 3.05) is 17.7 Å². The molecule has 0 saturated heterocycles. The van der Waals surface area contributed by atoms with Gasteiger partial charge >= 0.3 is 0 Å². The number of benzene rings is 1. The molecule has 1 unspecified atom stereocenters. The summed E-state index contributed by atoms with van der Waals surface area (Å²) in [4.78, 5) is 1.32. The van der Waals surface area contributed by atoms with E-state index in [2.05, 4.69) is 23.5 Å². The monoisotopic (exact) mass is 195 g/mol. The third-order valence-corrected chi connectivity index (χ3v) is 3.40. The van der Waals surface area contributed by atoms with E-state index in [-0.39, 0.29) is 6.61 Å². The normalized spacial score (nSPS) is 20.5. The zero-order valence-corrected chi connectivity index (χ0v) is 8.18. The van der Waals surface area contributed by atoms with Crippen LogP contribution in [0.2, 0.25) is 0 Å². The fourth-order valence-electron chi connectivity index (χ4n) is 1.48. The quantitative estimate of drug-likeness (QED) is 0.756. The molecule has 1 aromatic carbocycles. The largest absolute Gasteiger partial charge is 0.396 e. The average molecular weight is 195 g/mol. The number of aliphatic hydroxyl groups excluding tert-OH is 1. The van der Waals surface area contributed by atoms with E-state index in [0.717, 1.165) is 12.2 Å². The van der Waals surface area contributed by atoms with Crippen LogP contribution in [0.5, 0.6) is 0 Å². The first-order chi connectivity index (χ1) is 6.40. The van der Waals surface area contributed by atoms with Crippen LogP contribution in [0.15, 0.2) is 29.2 Å². The summed E-state index contributed by atoms with van der Waals surface area (Å²) in [5, 5.41) is 12.2. The minimum atomic E-state index is 0.264. The molecule has 2 rings (SSSR count). The van der Waals surface area contributed by atoms with Gasteiger partial charge in [0.15, 0.2) is 0 Å². The SMILES string of the molecule is OCCC1CSc2ccccc2N1. The Balaban J connectivity index is 2.11. The second kappa shape index (κ2) is 4.03. The standard InChI is InChI=1S/C10H13NOS/c12-6-5-8-7-13-10-4-2-1-3-9(10)11-8/h1-4,8,11-12H,5-7H2. The Kier molecular flexibility index (Phi) is 2.76. The van der Waals surface area contributed by atoms with Crippen molar-refractivity contribution in [3.63, 3.8) is 0 Å². The Morgan fingerprint density at radius 1 is 1.46 bits per heavy atom. The summed E-state index contributed by atoms with van der Waals surface area (Å²) >= 11 is 1.86. The van der Waals surface area contributed by atoms with E-state index in [9.17, 15) is 0 Å². The van der Waals surface area contributed by atoms with Crippen molar-refractivity contribution in [3.05, 3.63) is 24.3 Å². The van der Waals surface area contributed by atoms with Crippen LogP contribution in [0.4, 0.5) is 5.69 Å². The molecule has 0 saturated carbocycles. The van der Waals surface area contributed by atoms with Crippen LogP contribution in [-0.2, 0) is 0 Å². The molecule has 2 nitrogen and oxygen atoms in total. The molecule has 1 aliphatic heterocycles. The molecule has 1 heterocycles. The van der Waals surface area contributed by atoms with Crippen LogP contribution in [0.3, 0.4) is 0 Å². The molecule has 1 atom stereocenters. The molecule has 0 amide bonds. The summed E-state index contributed by atoms with van der Waals surface area (Å²) in [6.45, 7) is 0.264. The Labute approximate surface area is 82.4 Å². The highest BCUT2D eigenvalue weighted by Crippen LogP contribution is 2.33. The van der Waals surface area contributed by atoms with Gasteiger partial charge in [-0.25, -0.2) is 0 Å². The second-order valence-electron chi connectivity index (χ2n) is 3.16. The Morgan fingerprint density at radius 3 is 3.15 bits per heavy atom. The molecule has 70 valence electrons. The molecule has 0 aliphatic carbocycles. The zero-order valence-electron chi connectivity index (χ0n) is 7.36. The van der Waals surface area contributed by atoms with Crippen molar-refractivity contribution in [2.24, 2.45) is 0 Å². The van der Waals surface area contributed by atoms with Crippen molar-refractivity contribution in [1.82, 2.24) is 0 Å². The van der Waals surface area contributed by atoms with Crippen molar-refractivity contribution >= 4 is 17.4 Å². The fourth-order valence-corrected chi connectivity index (χ4v) is 2.56. The van der Waals surface area contributed by atoms with E-state index in [0.29, 0.717) is 6.04 Å². The van der Waals surface area contributed by atoms with E-state index in [1.165, 1.54) is 10.6 Å². The van der Waals surface area contributed by atoms with Crippen molar-refractivity contribution < 1.29 is 5.11 Å². The number of hydrogen-bond acceptors (Lipinski definition) is 3. The highest BCUT2D eigenvalue weighted by Gasteiger charge is 2.16. The van der Waals surface area contributed by atoms with Crippen LogP contribution >= 0.6 is 11.8 Å². The molecule has 1 aliphatic rings. The summed E-state index contributed by atoms with van der Waals surface area (Å²) < 4.78 is 0. The topological polar surface area (TPSA) is 32.3 Å². The van der Waals surface area contributed by atoms with Crippen LogP contribution in [0.25, 0.3) is 0 Å². The van der Waals surface area contributed by atoms with Crippen molar-refractivity contribution in [2.45, 2.75) is 17.4 Å². The molecule has 0 bridgehead atoms. The lowest BCUT2D eigenvalue weighted by atomic mass is 10.2. The predicted molar refractivity (Wildman–Crippen MR) is 56.3 cm³/mol. The number of nitrogens with one attached hydrogen (secondary N) is 1. The highest BCUT2D eigenvalue weighted by atomic mass is 32.2. The minimum absolute atomic E-state index is 0.264. The molecule has 0 spiro atoms. The molecule has 1 aromatic rings. The molecule has 0 fully saturated rings. The first kappa shape index (κ1) is 8.91. The predicted octanol–water partition coefficient (Wildman–Crippen LogP) is 1.96. The lowest BCUT2D eigenvalue weighted by molar-refractivity contribution is 0.282. The smallest absolute Gasteiger partial charge is 0.0480 e. The molecular weight excluding hydrogens is 182 g/mol. The van der Waals surface area contributed by atoms with Crippen molar-refractivity contribution in [3.8, 4) is 0 Å². The van der Waals surface area contributed by atoms with Gasteiger partial charge in [-0.1, -0.05) is 12.1 Å². The van der Waals surface area contributed by atoms with E-state index in [1.54, 1.807) is 0 Å². The maximum absolute atomic E-state index is 8.82. The van der Waals surface area contributed by atoms with Gasteiger partial charge in [-0.3, -0.25) is 0 Å². The second-order valence-corrected chi connectivity index (χ2v) is 4.22. The highest BCUT2D eigenvalue weighted by molar-refractivity contribution is 7.99. The Hall–Kier alpha value is -0.670. The minimum Gasteiger partial charge on any atom is -0.396 e. The maximum atomic E-state index is 8.82. The number of para-hydroxylation sites is 1. The molecule has 3 heteroatoms. The number of rotatable bonds is 2. The summed E-state index contributed by atoms with van der Waals surface area (Å²) in [7, 11) is 0. The summed E-state index contributed by atoms with van der Waals surface area (Å²) in [5.74, 6) is 1.05. The van der Waals surface area contributed by atoms with Crippen molar-refractivity contribution in [1.29, 1.82) is 0 Å². The van der Waals surface area contributed by atoms with Crippen LogP contribution in [0.1, 0.15) is 6.42 Å². The van der Waals surface area contributed by atoms with E-state index in [1.807, 2.05) is 17.8 Å². The number of aliphatic hydroxyl groups is 1. The van der Waals surface area contributed by atoms with Crippen LogP contribution < -0.4 is 5.32 Å².